The van der Waals surface area contributed by atoms with Crippen molar-refractivity contribution in [2.24, 2.45) is 0 Å². The molecule has 0 aromatic rings. The van der Waals surface area contributed by atoms with Gasteiger partial charge in [0, 0.05) is 12.2 Å². The summed E-state index contributed by atoms with van der Waals surface area (Å²) in [7, 11) is 0. The number of hydrogen-bond donors (Lipinski definition) is 3. The van der Waals surface area contributed by atoms with E-state index >= 15 is 0 Å². The molecule has 0 radical (unpaired) electrons. The Hall–Kier alpha value is -0.540. The molecule has 0 aromatic heterocycles. The minimum atomic E-state index is -0.546. The van der Waals surface area contributed by atoms with Crippen LogP contribution in [0.4, 0.5) is 0 Å². The van der Waals surface area contributed by atoms with Crippen molar-refractivity contribution >= 4 is 0 Å². The smallest absolute Gasteiger partial charge is 0.181 e. The first-order valence-corrected chi connectivity index (χ1v) is 3.04. The fraction of sp³-hybridized carbons (Fsp3) is 0.667. The third-order valence-electron chi connectivity index (χ3n) is 1.39. The zero-order valence-electron chi connectivity index (χ0n) is 5.73. The molecule has 0 spiro atoms. The van der Waals surface area contributed by atoms with E-state index in [2.05, 4.69) is 10.6 Å². The van der Waals surface area contributed by atoms with Gasteiger partial charge in [-0.15, -0.1) is 0 Å². The zero-order chi connectivity index (χ0) is 6.85. The lowest BCUT2D eigenvalue weighted by molar-refractivity contribution is 0.141. The topological polar surface area (TPSA) is 44.3 Å². The number of aliphatic hydroxyl groups excluding tert-OH is 1. The van der Waals surface area contributed by atoms with Gasteiger partial charge < -0.3 is 10.4 Å². The zero-order valence-corrected chi connectivity index (χ0v) is 5.73. The Balaban J connectivity index is 2.58. The average molecular weight is 128 g/mol. The number of aliphatic hydroxyl groups is 1. The molecule has 0 amide bonds. The van der Waals surface area contributed by atoms with Crippen molar-refractivity contribution in [2.45, 2.75) is 20.2 Å². The SMILES string of the molecule is CC(C)=C1CNC(O)N1. The van der Waals surface area contributed by atoms with E-state index in [1.807, 2.05) is 13.8 Å². The molecule has 1 saturated heterocycles. The highest BCUT2D eigenvalue weighted by atomic mass is 16.3. The second-order valence-corrected chi connectivity index (χ2v) is 2.41. The Morgan fingerprint density at radius 1 is 1.67 bits per heavy atom. The van der Waals surface area contributed by atoms with Crippen LogP contribution >= 0.6 is 0 Å². The van der Waals surface area contributed by atoms with Crippen LogP contribution in [0.25, 0.3) is 0 Å². The Kier molecular flexibility index (Phi) is 1.73. The first kappa shape index (κ1) is 6.58. The maximum absolute atomic E-state index is 8.89. The predicted octanol–water partition coefficient (Wildman–Crippen LogP) is -0.251. The van der Waals surface area contributed by atoms with Crippen molar-refractivity contribution in [2.75, 3.05) is 6.54 Å². The molecule has 0 saturated carbocycles. The number of allylic oxidation sites excluding steroid dienone is 1. The van der Waals surface area contributed by atoms with Gasteiger partial charge in [-0.25, -0.2) is 0 Å². The molecule has 1 aliphatic heterocycles. The van der Waals surface area contributed by atoms with E-state index in [1.54, 1.807) is 0 Å². The molecule has 0 bridgehead atoms. The lowest BCUT2D eigenvalue weighted by Gasteiger charge is -2.01. The molecule has 1 rings (SSSR count). The van der Waals surface area contributed by atoms with Gasteiger partial charge in [0.25, 0.3) is 0 Å². The van der Waals surface area contributed by atoms with Crippen LogP contribution in [0.3, 0.4) is 0 Å². The summed E-state index contributed by atoms with van der Waals surface area (Å²) < 4.78 is 0. The number of nitrogens with one attached hydrogen (secondary N) is 2. The maximum atomic E-state index is 8.89. The van der Waals surface area contributed by atoms with E-state index < -0.39 is 6.35 Å². The van der Waals surface area contributed by atoms with Gasteiger partial charge in [-0.3, -0.25) is 5.32 Å². The fourth-order valence-corrected chi connectivity index (χ4v) is 0.787. The van der Waals surface area contributed by atoms with Crippen molar-refractivity contribution in [3.63, 3.8) is 0 Å². The van der Waals surface area contributed by atoms with Gasteiger partial charge in [-0.2, -0.15) is 0 Å². The summed E-state index contributed by atoms with van der Waals surface area (Å²) in [5, 5.41) is 14.6. The van der Waals surface area contributed by atoms with Crippen LogP contribution < -0.4 is 10.6 Å². The van der Waals surface area contributed by atoms with E-state index in [9.17, 15) is 0 Å². The predicted molar refractivity (Wildman–Crippen MR) is 35.5 cm³/mol. The summed E-state index contributed by atoms with van der Waals surface area (Å²) in [6, 6.07) is 0. The summed E-state index contributed by atoms with van der Waals surface area (Å²) in [6.45, 7) is 4.79. The van der Waals surface area contributed by atoms with Crippen LogP contribution in [0.5, 0.6) is 0 Å². The molecule has 1 aliphatic rings. The largest absolute Gasteiger partial charge is 0.361 e. The van der Waals surface area contributed by atoms with Crippen LogP contribution in [0.2, 0.25) is 0 Å². The second-order valence-electron chi connectivity index (χ2n) is 2.41. The molecule has 1 heterocycles. The van der Waals surface area contributed by atoms with Crippen LogP contribution in [0, 0.1) is 0 Å². The highest BCUT2D eigenvalue weighted by molar-refractivity contribution is 5.12. The van der Waals surface area contributed by atoms with Gasteiger partial charge in [-0.05, 0) is 13.8 Å². The third kappa shape index (κ3) is 1.43. The molecule has 0 aromatic carbocycles. The minimum absolute atomic E-state index is 0.546. The van der Waals surface area contributed by atoms with Gasteiger partial charge in [0.1, 0.15) is 0 Å². The molecular formula is C6H12N2O. The summed E-state index contributed by atoms with van der Waals surface area (Å²) in [5.74, 6) is 0. The standard InChI is InChI=1S/C6H12N2O/c1-4(2)5-3-7-6(9)8-5/h6-9H,3H2,1-2H3. The fourth-order valence-electron chi connectivity index (χ4n) is 0.787. The Morgan fingerprint density at radius 3 is 2.56 bits per heavy atom. The second kappa shape index (κ2) is 2.37. The summed E-state index contributed by atoms with van der Waals surface area (Å²) >= 11 is 0. The summed E-state index contributed by atoms with van der Waals surface area (Å²) in [5.41, 5.74) is 2.32. The lowest BCUT2D eigenvalue weighted by atomic mass is 10.3. The normalized spacial score (nSPS) is 26.1. The number of rotatable bonds is 0. The van der Waals surface area contributed by atoms with Gasteiger partial charge in [0.05, 0.1) is 0 Å². The first-order valence-electron chi connectivity index (χ1n) is 3.04. The third-order valence-corrected chi connectivity index (χ3v) is 1.39. The minimum Gasteiger partial charge on any atom is -0.361 e. The summed E-state index contributed by atoms with van der Waals surface area (Å²) in [4.78, 5) is 0. The molecule has 9 heavy (non-hydrogen) atoms. The van der Waals surface area contributed by atoms with E-state index in [-0.39, 0.29) is 0 Å². The van der Waals surface area contributed by atoms with Crippen molar-refractivity contribution in [3.05, 3.63) is 11.3 Å². The molecule has 0 aliphatic carbocycles. The first-order chi connectivity index (χ1) is 4.20. The van der Waals surface area contributed by atoms with E-state index in [4.69, 9.17) is 5.11 Å². The summed E-state index contributed by atoms with van der Waals surface area (Å²) in [6.07, 6.45) is -0.546. The molecular weight excluding hydrogens is 116 g/mol. The maximum Gasteiger partial charge on any atom is 0.181 e. The van der Waals surface area contributed by atoms with E-state index in [0.29, 0.717) is 0 Å². The monoisotopic (exact) mass is 128 g/mol. The molecule has 1 atom stereocenters. The molecule has 3 heteroatoms. The molecule has 1 unspecified atom stereocenters. The molecule has 3 nitrogen and oxygen atoms in total. The Morgan fingerprint density at radius 2 is 2.33 bits per heavy atom. The molecule has 52 valence electrons. The average Bonchev–Trinajstić information content (AvgIpc) is 2.14. The van der Waals surface area contributed by atoms with Crippen LogP contribution in [-0.4, -0.2) is 18.0 Å². The van der Waals surface area contributed by atoms with Crippen LogP contribution in [-0.2, 0) is 0 Å². The molecule has 3 N–H and O–H groups in total. The van der Waals surface area contributed by atoms with Crippen molar-refractivity contribution in [1.29, 1.82) is 0 Å². The van der Waals surface area contributed by atoms with Gasteiger partial charge in [0.2, 0.25) is 0 Å². The van der Waals surface area contributed by atoms with Gasteiger partial charge >= 0.3 is 0 Å². The van der Waals surface area contributed by atoms with Crippen molar-refractivity contribution in [1.82, 2.24) is 10.6 Å². The highest BCUT2D eigenvalue weighted by Crippen LogP contribution is 2.02. The van der Waals surface area contributed by atoms with Gasteiger partial charge in [-0.1, -0.05) is 5.57 Å². The Labute approximate surface area is 54.8 Å². The lowest BCUT2D eigenvalue weighted by Crippen LogP contribution is -2.29. The van der Waals surface area contributed by atoms with Crippen molar-refractivity contribution < 1.29 is 5.11 Å². The van der Waals surface area contributed by atoms with Crippen molar-refractivity contribution in [3.8, 4) is 0 Å². The highest BCUT2D eigenvalue weighted by Gasteiger charge is 2.13. The van der Waals surface area contributed by atoms with E-state index in [0.717, 1.165) is 12.2 Å². The van der Waals surface area contributed by atoms with Crippen LogP contribution in [0.1, 0.15) is 13.8 Å². The number of hydrogen-bond acceptors (Lipinski definition) is 3. The Bertz CT molecular complexity index is 138. The molecule has 1 fully saturated rings. The quantitative estimate of drug-likeness (QED) is 0.421. The van der Waals surface area contributed by atoms with Gasteiger partial charge in [0.15, 0.2) is 6.35 Å². The van der Waals surface area contributed by atoms with Crippen LogP contribution in [0.15, 0.2) is 11.3 Å². The van der Waals surface area contributed by atoms with E-state index in [1.165, 1.54) is 5.57 Å².